The Morgan fingerprint density at radius 3 is 1.50 bits per heavy atom. The van der Waals surface area contributed by atoms with E-state index in [1.165, 1.54) is 17.9 Å². The van der Waals surface area contributed by atoms with E-state index in [1.807, 2.05) is 0 Å². The van der Waals surface area contributed by atoms with Crippen molar-refractivity contribution in [2.75, 3.05) is 0 Å². The molecule has 0 saturated carbocycles. The molecule has 0 spiro atoms. The van der Waals surface area contributed by atoms with Gasteiger partial charge in [0.1, 0.15) is 0 Å². The van der Waals surface area contributed by atoms with Gasteiger partial charge in [-0.15, -0.1) is 0 Å². The highest BCUT2D eigenvalue weighted by atomic mass is 127. The second-order valence-corrected chi connectivity index (χ2v) is 4.90. The van der Waals surface area contributed by atoms with Gasteiger partial charge in [-0.3, -0.25) is 0 Å². The van der Waals surface area contributed by atoms with Crippen LogP contribution in [0.25, 0.3) is 10.8 Å². The lowest BCUT2D eigenvalue weighted by Gasteiger charge is -2.01. The summed E-state index contributed by atoms with van der Waals surface area (Å²) < 4.78 is 2.65. The fraction of sp³-hybridized carbons (Fsp3) is 0. The maximum absolute atomic E-state index is 2.37. The first-order valence-electron chi connectivity index (χ1n) is 3.62. The van der Waals surface area contributed by atoms with E-state index >= 15 is 0 Å². The van der Waals surface area contributed by atoms with Gasteiger partial charge in [0.2, 0.25) is 0 Å². The van der Waals surface area contributed by atoms with Crippen LogP contribution in [-0.4, -0.2) is 0 Å². The third-order valence-corrected chi connectivity index (χ3v) is 3.70. The number of fused-ring (bicyclic) bond motifs is 1. The predicted octanol–water partition coefficient (Wildman–Crippen LogP) is 4.05. The zero-order valence-corrected chi connectivity index (χ0v) is 10.5. The van der Waals surface area contributed by atoms with E-state index in [0.29, 0.717) is 0 Å². The summed E-state index contributed by atoms with van der Waals surface area (Å²) in [6.45, 7) is 0. The van der Waals surface area contributed by atoms with Crippen molar-refractivity contribution in [1.82, 2.24) is 0 Å². The SMILES string of the molecule is Ic1ccc(I)c2ccccc12. The van der Waals surface area contributed by atoms with Crippen LogP contribution in [0.15, 0.2) is 36.4 Å². The van der Waals surface area contributed by atoms with Gasteiger partial charge in [-0.1, -0.05) is 24.3 Å². The van der Waals surface area contributed by atoms with E-state index in [0.717, 1.165) is 0 Å². The molecule has 2 rings (SSSR count). The van der Waals surface area contributed by atoms with Crippen LogP contribution in [0.2, 0.25) is 0 Å². The molecule has 0 nitrogen and oxygen atoms in total. The Balaban J connectivity index is 2.95. The molecule has 0 fully saturated rings. The van der Waals surface area contributed by atoms with E-state index in [-0.39, 0.29) is 0 Å². The van der Waals surface area contributed by atoms with Crippen molar-refractivity contribution in [3.8, 4) is 0 Å². The molecule has 2 aromatic rings. The Morgan fingerprint density at radius 2 is 1.08 bits per heavy atom. The summed E-state index contributed by atoms with van der Waals surface area (Å²) in [6.07, 6.45) is 0. The Morgan fingerprint density at radius 1 is 0.667 bits per heavy atom. The van der Waals surface area contributed by atoms with Gasteiger partial charge in [0.15, 0.2) is 0 Å². The molecule has 0 radical (unpaired) electrons. The highest BCUT2D eigenvalue weighted by Crippen LogP contribution is 2.24. The number of rotatable bonds is 0. The first kappa shape index (κ1) is 8.74. The molecule has 0 aliphatic rings. The van der Waals surface area contributed by atoms with Crippen LogP contribution in [0.5, 0.6) is 0 Å². The van der Waals surface area contributed by atoms with Gasteiger partial charge in [-0.25, -0.2) is 0 Å². The van der Waals surface area contributed by atoms with Gasteiger partial charge in [0, 0.05) is 7.14 Å². The summed E-state index contributed by atoms with van der Waals surface area (Å²) in [6, 6.07) is 12.8. The Hall–Kier alpha value is 0.160. The largest absolute Gasteiger partial charge is 0.0616 e. The topological polar surface area (TPSA) is 0 Å². The maximum Gasteiger partial charge on any atom is 0.0209 e. The van der Waals surface area contributed by atoms with Crippen LogP contribution >= 0.6 is 45.2 Å². The number of hydrogen-bond donors (Lipinski definition) is 0. The second kappa shape index (κ2) is 3.49. The summed E-state index contributed by atoms with van der Waals surface area (Å²) in [7, 11) is 0. The molecule has 0 unspecified atom stereocenters. The molecular formula is C10H6I2. The minimum atomic E-state index is 1.32. The monoisotopic (exact) mass is 380 g/mol. The lowest BCUT2D eigenvalue weighted by Crippen LogP contribution is -1.80. The number of hydrogen-bond acceptors (Lipinski definition) is 0. The molecule has 60 valence electrons. The Kier molecular flexibility index (Phi) is 2.55. The highest BCUT2D eigenvalue weighted by Gasteiger charge is 1.99. The molecule has 0 N–H and O–H groups in total. The maximum atomic E-state index is 2.37. The molecule has 0 atom stereocenters. The smallest absolute Gasteiger partial charge is 0.0209 e. The third-order valence-electron chi connectivity index (χ3n) is 1.82. The normalized spacial score (nSPS) is 10.5. The molecular weight excluding hydrogens is 374 g/mol. The van der Waals surface area contributed by atoms with Crippen molar-refractivity contribution in [3.05, 3.63) is 43.5 Å². The van der Waals surface area contributed by atoms with Crippen molar-refractivity contribution in [1.29, 1.82) is 0 Å². The van der Waals surface area contributed by atoms with Gasteiger partial charge >= 0.3 is 0 Å². The number of benzene rings is 2. The summed E-state index contributed by atoms with van der Waals surface area (Å²) >= 11 is 4.74. The molecule has 0 amide bonds. The van der Waals surface area contributed by atoms with E-state index in [2.05, 4.69) is 81.6 Å². The first-order chi connectivity index (χ1) is 5.79. The predicted molar refractivity (Wildman–Crippen MR) is 69.4 cm³/mol. The van der Waals surface area contributed by atoms with Crippen molar-refractivity contribution in [2.24, 2.45) is 0 Å². The summed E-state index contributed by atoms with van der Waals surface area (Å²) in [5.74, 6) is 0. The first-order valence-corrected chi connectivity index (χ1v) is 5.77. The summed E-state index contributed by atoms with van der Waals surface area (Å²) in [5, 5.41) is 2.70. The number of halogens is 2. The lowest BCUT2D eigenvalue weighted by molar-refractivity contribution is 1.67. The van der Waals surface area contributed by atoms with E-state index in [4.69, 9.17) is 0 Å². The average Bonchev–Trinajstić information content (AvgIpc) is 2.12. The minimum absolute atomic E-state index is 1.32. The molecule has 0 saturated heterocycles. The molecule has 0 heterocycles. The van der Waals surface area contributed by atoms with Crippen LogP contribution in [-0.2, 0) is 0 Å². The van der Waals surface area contributed by atoms with Crippen LogP contribution in [0.3, 0.4) is 0 Å². The van der Waals surface area contributed by atoms with E-state index < -0.39 is 0 Å². The molecule has 0 aliphatic carbocycles. The van der Waals surface area contributed by atoms with Crippen LogP contribution in [0.1, 0.15) is 0 Å². The van der Waals surface area contributed by atoms with Crippen molar-refractivity contribution in [3.63, 3.8) is 0 Å². The van der Waals surface area contributed by atoms with E-state index in [1.54, 1.807) is 0 Å². The van der Waals surface area contributed by atoms with E-state index in [9.17, 15) is 0 Å². The summed E-state index contributed by atoms with van der Waals surface area (Å²) in [5.41, 5.74) is 0. The molecule has 0 bridgehead atoms. The van der Waals surface area contributed by atoms with Gasteiger partial charge < -0.3 is 0 Å². The minimum Gasteiger partial charge on any atom is -0.0616 e. The molecule has 2 heteroatoms. The van der Waals surface area contributed by atoms with Crippen LogP contribution < -0.4 is 0 Å². The highest BCUT2D eigenvalue weighted by molar-refractivity contribution is 14.1. The fourth-order valence-corrected chi connectivity index (χ4v) is 2.53. The van der Waals surface area contributed by atoms with Crippen molar-refractivity contribution in [2.45, 2.75) is 0 Å². The van der Waals surface area contributed by atoms with Gasteiger partial charge in [-0.2, -0.15) is 0 Å². The van der Waals surface area contributed by atoms with Crippen molar-refractivity contribution >= 4 is 56.0 Å². The van der Waals surface area contributed by atoms with Crippen molar-refractivity contribution < 1.29 is 0 Å². The zero-order chi connectivity index (χ0) is 8.55. The van der Waals surface area contributed by atoms with Crippen LogP contribution in [0, 0.1) is 7.14 Å². The molecule has 0 aliphatic heterocycles. The summed E-state index contributed by atoms with van der Waals surface area (Å²) in [4.78, 5) is 0. The molecule has 2 aromatic carbocycles. The standard InChI is InChI=1S/C10H6I2/c11-9-5-6-10(12)8-4-2-1-3-7(8)9/h1-6H. The fourth-order valence-electron chi connectivity index (χ4n) is 1.23. The third kappa shape index (κ3) is 1.46. The quantitative estimate of drug-likeness (QED) is 0.606. The average molecular weight is 380 g/mol. The Labute approximate surface area is 98.6 Å². The van der Waals surface area contributed by atoms with Gasteiger partial charge in [0.05, 0.1) is 0 Å². The van der Waals surface area contributed by atoms with Gasteiger partial charge in [-0.05, 0) is 68.1 Å². The second-order valence-electron chi connectivity index (χ2n) is 2.57. The zero-order valence-electron chi connectivity index (χ0n) is 6.22. The molecule has 12 heavy (non-hydrogen) atoms. The Bertz CT molecular complexity index is 381. The molecule has 0 aromatic heterocycles. The lowest BCUT2D eigenvalue weighted by atomic mass is 10.1. The van der Waals surface area contributed by atoms with Gasteiger partial charge in [0.25, 0.3) is 0 Å². The van der Waals surface area contributed by atoms with Crippen LogP contribution in [0.4, 0.5) is 0 Å².